The average molecular weight is 364 g/mol. The Bertz CT molecular complexity index is 508. The van der Waals surface area contributed by atoms with Crippen LogP contribution in [0.2, 0.25) is 5.02 Å². The van der Waals surface area contributed by atoms with Crippen molar-refractivity contribution in [1.29, 1.82) is 0 Å². The monoisotopic (exact) mass is 362 g/mol. The van der Waals surface area contributed by atoms with Gasteiger partial charge in [-0.3, -0.25) is 0 Å². The number of halogens is 2. The maximum absolute atomic E-state index is 11.8. The first-order valence-electron chi connectivity index (χ1n) is 6.05. The molecule has 0 heterocycles. The zero-order valence-corrected chi connectivity index (χ0v) is 13.5. The highest BCUT2D eigenvalue weighted by Crippen LogP contribution is 2.25. The Labute approximate surface area is 130 Å². The van der Waals surface area contributed by atoms with Crippen molar-refractivity contribution in [3.05, 3.63) is 27.7 Å². The van der Waals surface area contributed by atoms with E-state index in [4.69, 9.17) is 16.7 Å². The van der Waals surface area contributed by atoms with Crippen LogP contribution < -0.4 is 10.6 Å². The zero-order chi connectivity index (χ0) is 15.3. The molecule has 0 saturated carbocycles. The Kier molecular flexibility index (Phi) is 6.29. The summed E-state index contributed by atoms with van der Waals surface area (Å²) >= 11 is 9.15. The Morgan fingerprint density at radius 1 is 1.40 bits per heavy atom. The van der Waals surface area contributed by atoms with E-state index in [2.05, 4.69) is 26.6 Å². The molecule has 0 unspecified atom stereocenters. The molecule has 1 aromatic rings. The van der Waals surface area contributed by atoms with Gasteiger partial charge in [0.05, 0.1) is 5.02 Å². The van der Waals surface area contributed by atoms with Crippen molar-refractivity contribution in [2.24, 2.45) is 5.92 Å². The number of carbonyl (C=O) groups excluding carboxylic acids is 1. The lowest BCUT2D eigenvalue weighted by molar-refractivity contribution is -0.139. The molecule has 0 fully saturated rings. The molecule has 0 saturated heterocycles. The normalized spacial score (nSPS) is 12.1. The molecule has 1 atom stereocenters. The van der Waals surface area contributed by atoms with Crippen molar-refractivity contribution in [3.63, 3.8) is 0 Å². The van der Waals surface area contributed by atoms with Crippen LogP contribution in [0.4, 0.5) is 10.5 Å². The fraction of sp³-hybridized carbons (Fsp3) is 0.385. The fourth-order valence-corrected chi connectivity index (χ4v) is 2.02. The average Bonchev–Trinajstić information content (AvgIpc) is 2.32. The Hall–Kier alpha value is -1.27. The third-order valence-electron chi connectivity index (χ3n) is 2.49. The van der Waals surface area contributed by atoms with Crippen LogP contribution in [0, 0.1) is 5.92 Å². The van der Waals surface area contributed by atoms with Gasteiger partial charge in [0.25, 0.3) is 0 Å². The fourth-order valence-electron chi connectivity index (χ4n) is 1.59. The number of hydrogen-bond donors (Lipinski definition) is 3. The van der Waals surface area contributed by atoms with Gasteiger partial charge >= 0.3 is 12.0 Å². The predicted octanol–water partition coefficient (Wildman–Crippen LogP) is 3.72. The van der Waals surface area contributed by atoms with Gasteiger partial charge in [0, 0.05) is 10.2 Å². The van der Waals surface area contributed by atoms with Crippen LogP contribution in [0.5, 0.6) is 0 Å². The second-order valence-corrected chi connectivity index (χ2v) is 6.01. The van der Waals surface area contributed by atoms with Gasteiger partial charge in [-0.1, -0.05) is 25.4 Å². The molecule has 0 aliphatic heterocycles. The SMILES string of the molecule is CC(C)C[C@@H](NC(=O)Nc1ccc(Br)c(Cl)c1)C(=O)O. The predicted molar refractivity (Wildman–Crippen MR) is 82.2 cm³/mol. The summed E-state index contributed by atoms with van der Waals surface area (Å²) in [6.07, 6.45) is 0.365. The molecule has 1 aromatic carbocycles. The first-order valence-corrected chi connectivity index (χ1v) is 7.22. The minimum absolute atomic E-state index is 0.165. The summed E-state index contributed by atoms with van der Waals surface area (Å²) in [6.45, 7) is 3.79. The van der Waals surface area contributed by atoms with Gasteiger partial charge in [0.15, 0.2) is 0 Å². The molecule has 5 nitrogen and oxygen atoms in total. The molecule has 0 aromatic heterocycles. The summed E-state index contributed by atoms with van der Waals surface area (Å²) in [5.74, 6) is -0.888. The molecule has 110 valence electrons. The zero-order valence-electron chi connectivity index (χ0n) is 11.1. The van der Waals surface area contributed by atoms with Gasteiger partial charge in [-0.2, -0.15) is 0 Å². The number of carbonyl (C=O) groups is 2. The maximum Gasteiger partial charge on any atom is 0.326 e. The molecule has 0 radical (unpaired) electrons. The lowest BCUT2D eigenvalue weighted by atomic mass is 10.0. The molecular weight excluding hydrogens is 348 g/mol. The van der Waals surface area contributed by atoms with Crippen molar-refractivity contribution in [1.82, 2.24) is 5.32 Å². The van der Waals surface area contributed by atoms with Crippen LogP contribution in [0.1, 0.15) is 20.3 Å². The Morgan fingerprint density at radius 3 is 2.55 bits per heavy atom. The highest BCUT2D eigenvalue weighted by molar-refractivity contribution is 9.10. The van der Waals surface area contributed by atoms with Crippen molar-refractivity contribution in [2.45, 2.75) is 26.3 Å². The van der Waals surface area contributed by atoms with Gasteiger partial charge in [0.1, 0.15) is 6.04 Å². The molecule has 7 heteroatoms. The second kappa shape index (κ2) is 7.50. The van der Waals surface area contributed by atoms with Gasteiger partial charge in [-0.05, 0) is 46.5 Å². The summed E-state index contributed by atoms with van der Waals surface area (Å²) in [6, 6.07) is 3.44. The smallest absolute Gasteiger partial charge is 0.326 e. The molecule has 0 spiro atoms. The Balaban J connectivity index is 2.65. The molecule has 0 aliphatic carbocycles. The van der Waals surface area contributed by atoms with E-state index in [0.717, 1.165) is 0 Å². The van der Waals surface area contributed by atoms with Crippen LogP contribution in [-0.4, -0.2) is 23.1 Å². The van der Waals surface area contributed by atoms with Crippen LogP contribution in [0.15, 0.2) is 22.7 Å². The first kappa shape index (κ1) is 16.8. The minimum Gasteiger partial charge on any atom is -0.480 e. The van der Waals surface area contributed by atoms with Crippen molar-refractivity contribution >= 4 is 45.2 Å². The number of benzene rings is 1. The molecule has 1 rings (SSSR count). The lowest BCUT2D eigenvalue weighted by Crippen LogP contribution is -2.43. The highest BCUT2D eigenvalue weighted by atomic mass is 79.9. The number of aliphatic carboxylic acids is 1. The minimum atomic E-state index is -1.05. The lowest BCUT2D eigenvalue weighted by Gasteiger charge is -2.17. The summed E-state index contributed by atoms with van der Waals surface area (Å²) in [7, 11) is 0. The number of anilines is 1. The first-order chi connectivity index (χ1) is 9.29. The summed E-state index contributed by atoms with van der Waals surface area (Å²) in [4.78, 5) is 22.8. The van der Waals surface area contributed by atoms with E-state index in [1.165, 1.54) is 0 Å². The van der Waals surface area contributed by atoms with E-state index >= 15 is 0 Å². The van der Waals surface area contributed by atoms with Crippen LogP contribution in [0.25, 0.3) is 0 Å². The number of carboxylic acid groups (broad SMARTS) is 1. The van der Waals surface area contributed by atoms with Crippen molar-refractivity contribution in [3.8, 4) is 0 Å². The van der Waals surface area contributed by atoms with Crippen LogP contribution in [0.3, 0.4) is 0 Å². The topological polar surface area (TPSA) is 78.4 Å². The van der Waals surface area contributed by atoms with Gasteiger partial charge in [-0.15, -0.1) is 0 Å². The summed E-state index contributed by atoms with van der Waals surface area (Å²) < 4.78 is 0.716. The number of urea groups is 1. The van der Waals surface area contributed by atoms with Gasteiger partial charge in [0.2, 0.25) is 0 Å². The Morgan fingerprint density at radius 2 is 2.05 bits per heavy atom. The van der Waals surface area contributed by atoms with E-state index in [1.54, 1.807) is 18.2 Å². The quantitative estimate of drug-likeness (QED) is 0.746. The highest BCUT2D eigenvalue weighted by Gasteiger charge is 2.21. The molecule has 3 N–H and O–H groups in total. The second-order valence-electron chi connectivity index (χ2n) is 4.75. The number of rotatable bonds is 5. The van der Waals surface area contributed by atoms with E-state index in [9.17, 15) is 9.59 Å². The third-order valence-corrected chi connectivity index (χ3v) is 3.72. The molecular formula is C13H16BrClN2O3. The van der Waals surface area contributed by atoms with Crippen LogP contribution >= 0.6 is 27.5 Å². The molecule has 0 aliphatic rings. The molecule has 0 bridgehead atoms. The summed E-state index contributed by atoms with van der Waals surface area (Å²) in [5.41, 5.74) is 0.490. The van der Waals surface area contributed by atoms with E-state index < -0.39 is 18.0 Å². The number of nitrogens with one attached hydrogen (secondary N) is 2. The standard InChI is InChI=1S/C13H16BrClN2O3/c1-7(2)5-11(12(18)19)17-13(20)16-8-3-4-9(14)10(15)6-8/h3-4,6-7,11H,5H2,1-2H3,(H,18,19)(H2,16,17,20)/t11-/m1/s1. The van der Waals surface area contributed by atoms with Gasteiger partial charge in [-0.25, -0.2) is 9.59 Å². The van der Waals surface area contributed by atoms with E-state index in [-0.39, 0.29) is 5.92 Å². The largest absolute Gasteiger partial charge is 0.480 e. The maximum atomic E-state index is 11.8. The number of amides is 2. The van der Waals surface area contributed by atoms with Crippen molar-refractivity contribution < 1.29 is 14.7 Å². The van der Waals surface area contributed by atoms with E-state index in [0.29, 0.717) is 21.6 Å². The third kappa shape index (κ3) is 5.38. The number of carboxylic acids is 1. The van der Waals surface area contributed by atoms with Crippen molar-refractivity contribution in [2.75, 3.05) is 5.32 Å². The molecule has 20 heavy (non-hydrogen) atoms. The van der Waals surface area contributed by atoms with Crippen LogP contribution in [-0.2, 0) is 4.79 Å². The number of hydrogen-bond acceptors (Lipinski definition) is 2. The van der Waals surface area contributed by atoms with Gasteiger partial charge < -0.3 is 15.7 Å². The summed E-state index contributed by atoms with van der Waals surface area (Å²) in [5, 5.41) is 14.5. The molecule has 2 amide bonds. The van der Waals surface area contributed by atoms with E-state index in [1.807, 2.05) is 13.8 Å².